The molecule has 5 nitrogen and oxygen atoms in total. The average Bonchev–Trinajstić information content (AvgIpc) is 2.27. The number of nitrogens with one attached hydrogen (secondary N) is 1. The Morgan fingerprint density at radius 1 is 1.22 bits per heavy atom. The predicted octanol–water partition coefficient (Wildman–Crippen LogP) is 0.910. The molecule has 4 rings (SSSR count). The van der Waals surface area contributed by atoms with Gasteiger partial charge < -0.3 is 11.2 Å². The Hall–Kier alpha value is -1.57. The van der Waals surface area contributed by atoms with Gasteiger partial charge in [0.2, 0.25) is 5.71 Å². The number of carbonyl (C=O) groups is 1. The van der Waals surface area contributed by atoms with E-state index in [4.69, 9.17) is 11.0 Å². The lowest BCUT2D eigenvalue weighted by Gasteiger charge is -2.56. The maximum absolute atomic E-state index is 11.0. The van der Waals surface area contributed by atoms with Gasteiger partial charge >= 0.3 is 0 Å². The second kappa shape index (κ2) is 3.98. The summed E-state index contributed by atoms with van der Waals surface area (Å²) in [7, 11) is 0. The van der Waals surface area contributed by atoms with Crippen molar-refractivity contribution in [3.05, 3.63) is 0 Å². The summed E-state index contributed by atoms with van der Waals surface area (Å²) in [5.41, 5.74) is 8.02. The van der Waals surface area contributed by atoms with Crippen LogP contribution < -0.4 is 11.2 Å². The molecule has 0 atom stereocenters. The van der Waals surface area contributed by atoms with Crippen LogP contribution in [0.1, 0.15) is 38.5 Å². The molecule has 4 fully saturated rings. The van der Waals surface area contributed by atoms with E-state index in [9.17, 15) is 4.79 Å². The maximum Gasteiger partial charge on any atom is 0.280 e. The van der Waals surface area contributed by atoms with Crippen molar-refractivity contribution in [2.45, 2.75) is 44.1 Å². The van der Waals surface area contributed by atoms with Gasteiger partial charge in [0.1, 0.15) is 6.07 Å². The third-order valence-corrected chi connectivity index (χ3v) is 4.78. The first kappa shape index (κ1) is 11.5. The smallest absolute Gasteiger partial charge is 0.280 e. The molecule has 4 bridgehead atoms. The molecule has 4 saturated carbocycles. The number of nitrogens with two attached hydrogens (primary N) is 1. The summed E-state index contributed by atoms with van der Waals surface area (Å²) in [6, 6.07) is 1.75. The number of hydrogen-bond acceptors (Lipinski definition) is 4. The molecule has 0 aliphatic heterocycles. The lowest BCUT2D eigenvalue weighted by atomic mass is 9.53. The fourth-order valence-electron chi connectivity index (χ4n) is 4.56. The number of nitriles is 1. The number of carbonyl (C=O) groups excluding carboxylic acids is 1. The van der Waals surface area contributed by atoms with Crippen molar-refractivity contribution >= 4 is 11.6 Å². The van der Waals surface area contributed by atoms with E-state index in [-0.39, 0.29) is 11.3 Å². The zero-order valence-electron chi connectivity index (χ0n) is 10.4. The zero-order valence-corrected chi connectivity index (χ0v) is 10.4. The third-order valence-electron chi connectivity index (χ3n) is 4.78. The van der Waals surface area contributed by atoms with Crippen LogP contribution in [0.5, 0.6) is 0 Å². The van der Waals surface area contributed by atoms with Crippen LogP contribution in [-0.4, -0.2) is 17.2 Å². The Kier molecular flexibility index (Phi) is 2.54. The number of primary amides is 1. The summed E-state index contributed by atoms with van der Waals surface area (Å²) in [5, 5.41) is 12.8. The van der Waals surface area contributed by atoms with Gasteiger partial charge in [-0.25, -0.2) is 0 Å². The number of nitrogens with zero attached hydrogens (tertiary/aromatic N) is 2. The van der Waals surface area contributed by atoms with Crippen molar-refractivity contribution in [1.82, 2.24) is 5.43 Å². The molecule has 0 saturated heterocycles. The molecule has 0 aromatic rings. The number of rotatable bonds is 3. The lowest BCUT2D eigenvalue weighted by molar-refractivity contribution is -0.111. The van der Waals surface area contributed by atoms with Crippen LogP contribution in [0.15, 0.2) is 5.10 Å². The van der Waals surface area contributed by atoms with Crippen LogP contribution in [0.2, 0.25) is 0 Å². The molecule has 5 heteroatoms. The molecule has 0 aromatic heterocycles. The van der Waals surface area contributed by atoms with E-state index in [1.165, 1.54) is 19.3 Å². The van der Waals surface area contributed by atoms with Gasteiger partial charge in [-0.2, -0.15) is 10.4 Å². The first-order chi connectivity index (χ1) is 8.60. The standard InChI is InChI=1S/C13H18N4O/c14-7-11(12(15)18)16-17-13-4-8-1-9(5-13)3-10(2-8)6-13/h8-10,17H,1-6H2,(H2,15,18)/b16-11+. The van der Waals surface area contributed by atoms with E-state index < -0.39 is 5.91 Å². The highest BCUT2D eigenvalue weighted by atomic mass is 16.1. The van der Waals surface area contributed by atoms with E-state index >= 15 is 0 Å². The average molecular weight is 246 g/mol. The van der Waals surface area contributed by atoms with Crippen molar-refractivity contribution in [2.75, 3.05) is 0 Å². The molecule has 96 valence electrons. The van der Waals surface area contributed by atoms with Gasteiger partial charge in [-0.15, -0.1) is 0 Å². The minimum Gasteiger partial charge on any atom is -0.364 e. The van der Waals surface area contributed by atoms with Crippen LogP contribution in [0, 0.1) is 29.1 Å². The molecule has 18 heavy (non-hydrogen) atoms. The molecule has 4 aliphatic carbocycles. The predicted molar refractivity (Wildman–Crippen MR) is 66.3 cm³/mol. The molecule has 0 spiro atoms. The first-order valence-electron chi connectivity index (χ1n) is 6.65. The quantitative estimate of drug-likeness (QED) is 0.572. The summed E-state index contributed by atoms with van der Waals surface area (Å²) in [4.78, 5) is 11.0. The fraction of sp³-hybridized carbons (Fsp3) is 0.769. The first-order valence-corrected chi connectivity index (χ1v) is 6.65. The van der Waals surface area contributed by atoms with Crippen LogP contribution in [0.25, 0.3) is 0 Å². The highest BCUT2D eigenvalue weighted by Crippen LogP contribution is 2.55. The van der Waals surface area contributed by atoms with Gasteiger partial charge in [0.05, 0.1) is 5.54 Å². The van der Waals surface area contributed by atoms with E-state index in [0.29, 0.717) is 0 Å². The summed E-state index contributed by atoms with van der Waals surface area (Å²) in [6.07, 6.45) is 7.43. The number of hydrogen-bond donors (Lipinski definition) is 2. The summed E-state index contributed by atoms with van der Waals surface area (Å²) in [5.74, 6) is 1.66. The van der Waals surface area contributed by atoms with Gasteiger partial charge in [0, 0.05) is 0 Å². The van der Waals surface area contributed by atoms with Gasteiger partial charge in [-0.1, -0.05) is 0 Å². The second-order valence-corrected chi connectivity index (χ2v) is 6.25. The van der Waals surface area contributed by atoms with E-state index in [1.807, 2.05) is 0 Å². The van der Waals surface area contributed by atoms with E-state index in [0.717, 1.165) is 37.0 Å². The highest BCUT2D eigenvalue weighted by molar-refractivity contribution is 6.44. The van der Waals surface area contributed by atoms with Gasteiger partial charge in [0.15, 0.2) is 0 Å². The minimum absolute atomic E-state index is 0.0201. The maximum atomic E-state index is 11.0. The summed E-state index contributed by atoms with van der Waals surface area (Å²) >= 11 is 0. The number of amides is 1. The Labute approximate surface area is 106 Å². The van der Waals surface area contributed by atoms with Crippen molar-refractivity contribution in [3.8, 4) is 6.07 Å². The van der Waals surface area contributed by atoms with Gasteiger partial charge in [-0.3, -0.25) is 4.79 Å². The second-order valence-electron chi connectivity index (χ2n) is 6.25. The Morgan fingerprint density at radius 2 is 1.72 bits per heavy atom. The molecule has 0 unspecified atom stereocenters. The number of hydrazone groups is 1. The topological polar surface area (TPSA) is 91.3 Å². The molecular weight excluding hydrogens is 228 g/mol. The molecule has 0 radical (unpaired) electrons. The Bertz CT molecular complexity index is 413. The fourth-order valence-corrected chi connectivity index (χ4v) is 4.56. The Balaban J connectivity index is 1.77. The third kappa shape index (κ3) is 1.86. The van der Waals surface area contributed by atoms with Crippen molar-refractivity contribution in [2.24, 2.45) is 28.6 Å². The summed E-state index contributed by atoms with van der Waals surface area (Å²) < 4.78 is 0. The van der Waals surface area contributed by atoms with Crippen LogP contribution >= 0.6 is 0 Å². The monoisotopic (exact) mass is 246 g/mol. The van der Waals surface area contributed by atoms with Crippen LogP contribution in [0.4, 0.5) is 0 Å². The van der Waals surface area contributed by atoms with Crippen LogP contribution in [-0.2, 0) is 4.79 Å². The largest absolute Gasteiger partial charge is 0.364 e. The molecule has 0 heterocycles. The zero-order chi connectivity index (χ0) is 12.8. The van der Waals surface area contributed by atoms with Crippen molar-refractivity contribution < 1.29 is 4.79 Å². The van der Waals surface area contributed by atoms with Crippen molar-refractivity contribution in [3.63, 3.8) is 0 Å². The highest BCUT2D eigenvalue weighted by Gasteiger charge is 2.51. The molecule has 4 aliphatic rings. The Morgan fingerprint density at radius 3 is 2.11 bits per heavy atom. The van der Waals surface area contributed by atoms with E-state index in [1.54, 1.807) is 6.07 Å². The lowest BCUT2D eigenvalue weighted by Crippen LogP contribution is -2.57. The molecular formula is C13H18N4O. The van der Waals surface area contributed by atoms with Crippen molar-refractivity contribution in [1.29, 1.82) is 5.26 Å². The van der Waals surface area contributed by atoms with E-state index in [2.05, 4.69) is 10.5 Å². The molecule has 1 amide bonds. The van der Waals surface area contributed by atoms with Gasteiger partial charge in [-0.05, 0) is 56.3 Å². The summed E-state index contributed by atoms with van der Waals surface area (Å²) in [6.45, 7) is 0. The molecule has 0 aromatic carbocycles. The molecule has 3 N–H and O–H groups in total. The normalized spacial score (nSPS) is 41.5. The SMILES string of the molecule is N#C/C(=N\NC12CC3CC(CC(C3)C1)C2)C(N)=O. The minimum atomic E-state index is -0.755. The van der Waals surface area contributed by atoms with Crippen LogP contribution in [0.3, 0.4) is 0 Å². The van der Waals surface area contributed by atoms with Gasteiger partial charge in [0.25, 0.3) is 5.91 Å².